The predicted molar refractivity (Wildman–Crippen MR) is 66.1 cm³/mol. The van der Waals surface area contributed by atoms with Crippen LogP contribution in [-0.4, -0.2) is 18.4 Å². The standard InChI is InChI=1S/C13H27NO/c1-5-6-7-8-9-10-11-13(3,14-4)12(2)15/h14H,5-11H2,1-4H3/t13-/m0/s1. The number of nitrogens with one attached hydrogen (secondary N) is 1. The molecular formula is C13H27NO. The van der Waals surface area contributed by atoms with E-state index < -0.39 is 0 Å². The predicted octanol–water partition coefficient (Wildman–Crippen LogP) is 3.30. The summed E-state index contributed by atoms with van der Waals surface area (Å²) in [7, 11) is 1.87. The van der Waals surface area contributed by atoms with Gasteiger partial charge in [-0.1, -0.05) is 45.4 Å². The average molecular weight is 213 g/mol. The molecule has 0 aliphatic heterocycles. The number of carbonyl (C=O) groups is 1. The van der Waals surface area contributed by atoms with Gasteiger partial charge in [-0.15, -0.1) is 0 Å². The van der Waals surface area contributed by atoms with Gasteiger partial charge < -0.3 is 5.32 Å². The van der Waals surface area contributed by atoms with Crippen LogP contribution in [0.3, 0.4) is 0 Å². The lowest BCUT2D eigenvalue weighted by Gasteiger charge is -2.26. The molecule has 0 bridgehead atoms. The second-order valence-corrected chi connectivity index (χ2v) is 4.66. The third-order valence-corrected chi connectivity index (χ3v) is 3.36. The summed E-state index contributed by atoms with van der Waals surface area (Å²) in [5.74, 6) is 0.249. The van der Waals surface area contributed by atoms with Crippen molar-refractivity contribution in [1.82, 2.24) is 5.32 Å². The van der Waals surface area contributed by atoms with Gasteiger partial charge in [0.2, 0.25) is 0 Å². The fourth-order valence-corrected chi connectivity index (χ4v) is 1.74. The first kappa shape index (κ1) is 14.6. The van der Waals surface area contributed by atoms with E-state index in [0.717, 1.165) is 12.8 Å². The van der Waals surface area contributed by atoms with Crippen LogP contribution in [0.2, 0.25) is 0 Å². The van der Waals surface area contributed by atoms with Crippen LogP contribution >= 0.6 is 0 Å². The van der Waals surface area contributed by atoms with Crippen molar-refractivity contribution in [3.05, 3.63) is 0 Å². The van der Waals surface area contributed by atoms with Crippen molar-refractivity contribution in [2.75, 3.05) is 7.05 Å². The third-order valence-electron chi connectivity index (χ3n) is 3.36. The van der Waals surface area contributed by atoms with Crippen molar-refractivity contribution in [1.29, 1.82) is 0 Å². The van der Waals surface area contributed by atoms with Gasteiger partial charge in [0.1, 0.15) is 5.78 Å². The maximum absolute atomic E-state index is 11.4. The lowest BCUT2D eigenvalue weighted by Crippen LogP contribution is -2.46. The topological polar surface area (TPSA) is 29.1 Å². The summed E-state index contributed by atoms with van der Waals surface area (Å²) in [5, 5.41) is 3.13. The third kappa shape index (κ3) is 5.93. The van der Waals surface area contributed by atoms with E-state index in [-0.39, 0.29) is 11.3 Å². The van der Waals surface area contributed by atoms with E-state index in [1.165, 1.54) is 32.1 Å². The molecule has 0 aliphatic rings. The number of carbonyl (C=O) groups excluding carboxylic acids is 1. The first-order valence-corrected chi connectivity index (χ1v) is 6.26. The van der Waals surface area contributed by atoms with E-state index in [1.54, 1.807) is 6.92 Å². The van der Waals surface area contributed by atoms with E-state index in [2.05, 4.69) is 12.2 Å². The Labute approximate surface area is 94.8 Å². The molecule has 0 fully saturated rings. The molecule has 1 atom stereocenters. The molecular weight excluding hydrogens is 186 g/mol. The Morgan fingerprint density at radius 1 is 1.13 bits per heavy atom. The van der Waals surface area contributed by atoms with Crippen LogP contribution in [0, 0.1) is 0 Å². The number of hydrogen-bond donors (Lipinski definition) is 1. The Balaban J connectivity index is 3.60. The van der Waals surface area contributed by atoms with Gasteiger partial charge in [0, 0.05) is 0 Å². The minimum Gasteiger partial charge on any atom is -0.308 e. The van der Waals surface area contributed by atoms with Crippen LogP contribution in [0.25, 0.3) is 0 Å². The first-order valence-electron chi connectivity index (χ1n) is 6.26. The zero-order valence-corrected chi connectivity index (χ0v) is 10.9. The monoisotopic (exact) mass is 213 g/mol. The van der Waals surface area contributed by atoms with Gasteiger partial charge in [-0.3, -0.25) is 4.79 Å². The van der Waals surface area contributed by atoms with Crippen LogP contribution in [0.4, 0.5) is 0 Å². The molecule has 90 valence electrons. The van der Waals surface area contributed by atoms with Crippen LogP contribution in [-0.2, 0) is 4.79 Å². The average Bonchev–Trinajstić information content (AvgIpc) is 2.22. The maximum atomic E-state index is 11.4. The van der Waals surface area contributed by atoms with Crippen LogP contribution in [0.1, 0.15) is 65.7 Å². The number of rotatable bonds is 9. The summed E-state index contributed by atoms with van der Waals surface area (Å²) in [6.45, 7) is 5.91. The molecule has 0 amide bonds. The van der Waals surface area contributed by atoms with Gasteiger partial charge >= 0.3 is 0 Å². The number of likely N-dealkylation sites (N-methyl/N-ethyl adjacent to an activating group) is 1. The molecule has 2 heteroatoms. The molecule has 1 N–H and O–H groups in total. The number of ketones is 1. The summed E-state index contributed by atoms with van der Waals surface area (Å²) in [5.41, 5.74) is -0.301. The van der Waals surface area contributed by atoms with Crippen molar-refractivity contribution in [3.63, 3.8) is 0 Å². The smallest absolute Gasteiger partial charge is 0.149 e. The van der Waals surface area contributed by atoms with Crippen molar-refractivity contribution in [2.45, 2.75) is 71.3 Å². The fraction of sp³-hybridized carbons (Fsp3) is 0.923. The molecule has 0 saturated carbocycles. The van der Waals surface area contributed by atoms with Crippen LogP contribution < -0.4 is 5.32 Å². The van der Waals surface area contributed by atoms with E-state index in [4.69, 9.17) is 0 Å². The van der Waals surface area contributed by atoms with E-state index in [1.807, 2.05) is 14.0 Å². The molecule has 2 nitrogen and oxygen atoms in total. The van der Waals surface area contributed by atoms with Crippen molar-refractivity contribution in [2.24, 2.45) is 0 Å². The van der Waals surface area contributed by atoms with Gasteiger partial charge in [0.15, 0.2) is 0 Å². The fourth-order valence-electron chi connectivity index (χ4n) is 1.74. The lowest BCUT2D eigenvalue weighted by molar-refractivity contribution is -0.122. The molecule has 0 aliphatic carbocycles. The molecule has 0 rings (SSSR count). The molecule has 0 heterocycles. The molecule has 0 spiro atoms. The summed E-state index contributed by atoms with van der Waals surface area (Å²) in [4.78, 5) is 11.4. The summed E-state index contributed by atoms with van der Waals surface area (Å²) >= 11 is 0. The summed E-state index contributed by atoms with van der Waals surface area (Å²) in [6.07, 6.45) is 8.66. The van der Waals surface area contributed by atoms with Crippen molar-refractivity contribution in [3.8, 4) is 0 Å². The zero-order chi connectivity index (χ0) is 11.7. The van der Waals surface area contributed by atoms with Crippen LogP contribution in [0.15, 0.2) is 0 Å². The highest BCUT2D eigenvalue weighted by Crippen LogP contribution is 2.16. The van der Waals surface area contributed by atoms with Gasteiger partial charge in [-0.25, -0.2) is 0 Å². The molecule has 0 aromatic heterocycles. The molecule has 0 aromatic rings. The first-order chi connectivity index (χ1) is 7.06. The Morgan fingerprint density at radius 3 is 2.13 bits per heavy atom. The highest BCUT2D eigenvalue weighted by atomic mass is 16.1. The van der Waals surface area contributed by atoms with Gasteiger partial charge in [-0.05, 0) is 27.3 Å². The number of Topliss-reactive ketones (excluding diaryl/α,β-unsaturated/α-hetero) is 1. The van der Waals surface area contributed by atoms with E-state index in [0.29, 0.717) is 0 Å². The highest BCUT2D eigenvalue weighted by molar-refractivity contribution is 5.85. The second kappa shape index (κ2) is 7.86. The SMILES string of the molecule is CCCCCCCC[C@](C)(NC)C(C)=O. The highest BCUT2D eigenvalue weighted by Gasteiger charge is 2.26. The van der Waals surface area contributed by atoms with Gasteiger partial charge in [0.05, 0.1) is 5.54 Å². The second-order valence-electron chi connectivity index (χ2n) is 4.66. The normalized spacial score (nSPS) is 14.9. The minimum absolute atomic E-state index is 0.249. The van der Waals surface area contributed by atoms with Gasteiger partial charge in [0.25, 0.3) is 0 Å². The molecule has 0 unspecified atom stereocenters. The Bertz CT molecular complexity index is 179. The molecule has 15 heavy (non-hydrogen) atoms. The Hall–Kier alpha value is -0.370. The zero-order valence-electron chi connectivity index (χ0n) is 10.9. The summed E-state index contributed by atoms with van der Waals surface area (Å²) in [6, 6.07) is 0. The van der Waals surface area contributed by atoms with Gasteiger partial charge in [-0.2, -0.15) is 0 Å². The van der Waals surface area contributed by atoms with Crippen molar-refractivity contribution >= 4 is 5.78 Å². The Morgan fingerprint density at radius 2 is 1.67 bits per heavy atom. The quantitative estimate of drug-likeness (QED) is 0.595. The maximum Gasteiger partial charge on any atom is 0.149 e. The van der Waals surface area contributed by atoms with E-state index in [9.17, 15) is 4.79 Å². The lowest BCUT2D eigenvalue weighted by atomic mass is 9.90. The van der Waals surface area contributed by atoms with Crippen LogP contribution in [0.5, 0.6) is 0 Å². The Kier molecular flexibility index (Phi) is 7.67. The molecule has 0 radical (unpaired) electrons. The molecule has 0 saturated heterocycles. The summed E-state index contributed by atoms with van der Waals surface area (Å²) < 4.78 is 0. The van der Waals surface area contributed by atoms with Crippen molar-refractivity contribution < 1.29 is 4.79 Å². The minimum atomic E-state index is -0.301. The molecule has 0 aromatic carbocycles. The van der Waals surface area contributed by atoms with E-state index >= 15 is 0 Å². The number of hydrogen-bond acceptors (Lipinski definition) is 2. The number of unbranched alkanes of at least 4 members (excludes halogenated alkanes) is 5. The largest absolute Gasteiger partial charge is 0.308 e.